The molecule has 1 amide bonds. The minimum Gasteiger partial charge on any atom is -0.344 e. The van der Waals surface area contributed by atoms with Crippen LogP contribution < -0.4 is 5.32 Å². The number of terminal acetylenes is 1. The van der Waals surface area contributed by atoms with Crippen molar-refractivity contribution in [1.82, 2.24) is 10.2 Å². The molecule has 0 aromatic heterocycles. The number of carbonyl (C=O) groups is 1. The van der Waals surface area contributed by atoms with Crippen molar-refractivity contribution in [3.05, 3.63) is 0 Å². The molecule has 1 saturated heterocycles. The highest BCUT2D eigenvalue weighted by Crippen LogP contribution is 2.20. The maximum absolute atomic E-state index is 11.5. The van der Waals surface area contributed by atoms with E-state index in [1.165, 1.54) is 12.8 Å². The molecule has 0 aromatic carbocycles. The van der Waals surface area contributed by atoms with Crippen molar-refractivity contribution in [2.75, 3.05) is 19.6 Å². The summed E-state index contributed by atoms with van der Waals surface area (Å²) in [4.78, 5) is 13.7. The van der Waals surface area contributed by atoms with Gasteiger partial charge in [-0.15, -0.1) is 6.42 Å². The fourth-order valence-electron chi connectivity index (χ4n) is 1.99. The normalized spacial score (nSPS) is 27.0. The lowest BCUT2D eigenvalue weighted by Crippen LogP contribution is -2.46. The predicted molar refractivity (Wildman–Crippen MR) is 61.3 cm³/mol. The lowest BCUT2D eigenvalue weighted by Gasteiger charge is -2.36. The number of likely N-dealkylation sites (tertiary alicyclic amines) is 1. The van der Waals surface area contributed by atoms with Crippen molar-refractivity contribution in [3.63, 3.8) is 0 Å². The second kappa shape index (κ2) is 5.77. The van der Waals surface area contributed by atoms with E-state index in [4.69, 9.17) is 6.42 Å². The number of piperidine rings is 1. The smallest absolute Gasteiger partial charge is 0.234 e. The molecule has 2 atom stereocenters. The zero-order valence-electron chi connectivity index (χ0n) is 9.62. The first-order valence-corrected chi connectivity index (χ1v) is 5.57. The molecule has 1 N–H and O–H groups in total. The summed E-state index contributed by atoms with van der Waals surface area (Å²) in [6.45, 7) is 6.24. The molecule has 15 heavy (non-hydrogen) atoms. The van der Waals surface area contributed by atoms with Crippen LogP contribution in [0.1, 0.15) is 26.7 Å². The fourth-order valence-corrected chi connectivity index (χ4v) is 1.99. The van der Waals surface area contributed by atoms with Gasteiger partial charge in [-0.05, 0) is 25.7 Å². The van der Waals surface area contributed by atoms with Gasteiger partial charge in [0.25, 0.3) is 0 Å². The van der Waals surface area contributed by atoms with Crippen LogP contribution in [0.4, 0.5) is 0 Å². The van der Waals surface area contributed by atoms with Crippen molar-refractivity contribution in [2.45, 2.75) is 32.7 Å². The van der Waals surface area contributed by atoms with Gasteiger partial charge in [0.2, 0.25) is 5.91 Å². The minimum absolute atomic E-state index is 0.0360. The van der Waals surface area contributed by atoms with E-state index in [0.717, 1.165) is 6.54 Å². The van der Waals surface area contributed by atoms with Crippen molar-refractivity contribution in [2.24, 2.45) is 5.92 Å². The Bertz CT molecular complexity index is 257. The summed E-state index contributed by atoms with van der Waals surface area (Å²) in [5.41, 5.74) is 0. The van der Waals surface area contributed by atoms with E-state index in [9.17, 15) is 4.79 Å². The van der Waals surface area contributed by atoms with Crippen molar-refractivity contribution in [3.8, 4) is 12.3 Å². The van der Waals surface area contributed by atoms with E-state index in [0.29, 0.717) is 25.0 Å². The molecular weight excluding hydrogens is 188 g/mol. The average Bonchev–Trinajstić information content (AvgIpc) is 2.20. The van der Waals surface area contributed by atoms with Crippen LogP contribution in [0.15, 0.2) is 0 Å². The summed E-state index contributed by atoms with van der Waals surface area (Å²) < 4.78 is 0. The van der Waals surface area contributed by atoms with E-state index in [1.54, 1.807) is 0 Å². The second-order valence-corrected chi connectivity index (χ2v) is 4.44. The van der Waals surface area contributed by atoms with Crippen LogP contribution in [0, 0.1) is 18.3 Å². The molecule has 0 aliphatic carbocycles. The molecule has 0 radical (unpaired) electrons. The molecule has 3 heteroatoms. The van der Waals surface area contributed by atoms with Crippen LogP contribution in [0.2, 0.25) is 0 Å². The molecule has 2 unspecified atom stereocenters. The van der Waals surface area contributed by atoms with Gasteiger partial charge in [0.15, 0.2) is 0 Å². The van der Waals surface area contributed by atoms with Gasteiger partial charge in [0.1, 0.15) is 0 Å². The molecule has 3 nitrogen and oxygen atoms in total. The first-order valence-electron chi connectivity index (χ1n) is 5.57. The monoisotopic (exact) mass is 208 g/mol. The summed E-state index contributed by atoms with van der Waals surface area (Å²) in [6.07, 6.45) is 7.53. The lowest BCUT2D eigenvalue weighted by atomic mass is 9.95. The Labute approximate surface area is 92.2 Å². The fraction of sp³-hybridized carbons (Fsp3) is 0.750. The van der Waals surface area contributed by atoms with Gasteiger partial charge < -0.3 is 5.32 Å². The van der Waals surface area contributed by atoms with Crippen LogP contribution in [0.25, 0.3) is 0 Å². The number of amides is 1. The van der Waals surface area contributed by atoms with Gasteiger partial charge in [0, 0.05) is 12.6 Å². The maximum atomic E-state index is 11.5. The largest absolute Gasteiger partial charge is 0.344 e. The topological polar surface area (TPSA) is 32.3 Å². The first kappa shape index (κ1) is 12.1. The average molecular weight is 208 g/mol. The number of nitrogens with zero attached hydrogens (tertiary/aromatic N) is 1. The van der Waals surface area contributed by atoms with Gasteiger partial charge in [-0.1, -0.05) is 12.8 Å². The summed E-state index contributed by atoms with van der Waals surface area (Å²) in [7, 11) is 0. The molecule has 1 fully saturated rings. The number of hydrogen-bond donors (Lipinski definition) is 1. The Morgan fingerprint density at radius 3 is 2.93 bits per heavy atom. The Balaban J connectivity index is 2.35. The third kappa shape index (κ3) is 3.93. The molecule has 0 saturated carbocycles. The molecule has 1 aliphatic heterocycles. The minimum atomic E-state index is 0.0360. The first-order chi connectivity index (χ1) is 7.13. The van der Waals surface area contributed by atoms with Crippen LogP contribution in [0.5, 0.6) is 0 Å². The molecule has 0 aromatic rings. The Kier molecular flexibility index (Phi) is 4.64. The van der Waals surface area contributed by atoms with Gasteiger partial charge in [-0.25, -0.2) is 0 Å². The molecule has 1 aliphatic rings. The Morgan fingerprint density at radius 1 is 1.53 bits per heavy atom. The second-order valence-electron chi connectivity index (χ2n) is 4.44. The van der Waals surface area contributed by atoms with Gasteiger partial charge in [-0.3, -0.25) is 9.69 Å². The van der Waals surface area contributed by atoms with Crippen molar-refractivity contribution < 1.29 is 4.79 Å². The maximum Gasteiger partial charge on any atom is 0.234 e. The van der Waals surface area contributed by atoms with Crippen LogP contribution in [-0.2, 0) is 4.79 Å². The predicted octanol–water partition coefficient (Wildman–Crippen LogP) is 0.856. The third-order valence-electron chi connectivity index (χ3n) is 2.98. The van der Waals surface area contributed by atoms with E-state index < -0.39 is 0 Å². The Hall–Kier alpha value is -1.01. The van der Waals surface area contributed by atoms with Crippen molar-refractivity contribution >= 4 is 5.91 Å². The van der Waals surface area contributed by atoms with Crippen molar-refractivity contribution in [1.29, 1.82) is 0 Å². The van der Waals surface area contributed by atoms with Crippen LogP contribution in [0.3, 0.4) is 0 Å². The highest BCUT2D eigenvalue weighted by molar-refractivity contribution is 5.78. The van der Waals surface area contributed by atoms with E-state index in [1.807, 2.05) is 0 Å². The molecule has 0 bridgehead atoms. The van der Waals surface area contributed by atoms with E-state index >= 15 is 0 Å². The molecule has 1 rings (SSSR count). The zero-order valence-corrected chi connectivity index (χ0v) is 9.62. The zero-order chi connectivity index (χ0) is 11.3. The summed E-state index contributed by atoms with van der Waals surface area (Å²) >= 11 is 0. The highest BCUT2D eigenvalue weighted by Gasteiger charge is 2.24. The highest BCUT2D eigenvalue weighted by atomic mass is 16.2. The number of rotatable bonds is 3. The number of nitrogens with one attached hydrogen (secondary N) is 1. The summed E-state index contributed by atoms with van der Waals surface area (Å²) in [5.74, 6) is 3.14. The van der Waals surface area contributed by atoms with Crippen LogP contribution >= 0.6 is 0 Å². The van der Waals surface area contributed by atoms with Crippen LogP contribution in [-0.4, -0.2) is 36.5 Å². The SMILES string of the molecule is C#CCNC(=O)CN1CC(C)CCC1C. The molecule has 1 heterocycles. The summed E-state index contributed by atoms with van der Waals surface area (Å²) in [6, 6.07) is 0.512. The van der Waals surface area contributed by atoms with E-state index in [2.05, 4.69) is 30.0 Å². The third-order valence-corrected chi connectivity index (χ3v) is 2.98. The standard InChI is InChI=1S/C12H20N2O/c1-4-7-13-12(15)9-14-8-10(2)5-6-11(14)3/h1,10-11H,5-9H2,2-3H3,(H,13,15). The van der Waals surface area contributed by atoms with Gasteiger partial charge in [0.05, 0.1) is 13.1 Å². The van der Waals surface area contributed by atoms with Gasteiger partial charge >= 0.3 is 0 Å². The summed E-state index contributed by atoms with van der Waals surface area (Å²) in [5, 5.41) is 2.70. The molecule has 84 valence electrons. The Morgan fingerprint density at radius 2 is 2.27 bits per heavy atom. The lowest BCUT2D eigenvalue weighted by molar-refractivity contribution is -0.123. The number of carbonyl (C=O) groups excluding carboxylic acids is 1. The molecular formula is C12H20N2O. The van der Waals surface area contributed by atoms with Gasteiger partial charge in [-0.2, -0.15) is 0 Å². The number of hydrogen-bond acceptors (Lipinski definition) is 2. The quantitative estimate of drug-likeness (QED) is 0.698. The molecule has 0 spiro atoms. The van der Waals surface area contributed by atoms with E-state index in [-0.39, 0.29) is 5.91 Å².